The van der Waals surface area contributed by atoms with Crippen LogP contribution in [0.1, 0.15) is 22.3 Å². The lowest BCUT2D eigenvalue weighted by atomic mass is 10.1. The average Bonchev–Trinajstić information content (AvgIpc) is 3.28. The van der Waals surface area contributed by atoms with Crippen molar-refractivity contribution in [3.63, 3.8) is 0 Å². The molecule has 1 aromatic heterocycles. The number of aromatic amines is 1. The summed E-state index contributed by atoms with van der Waals surface area (Å²) >= 11 is 0. The fourth-order valence-corrected chi connectivity index (χ4v) is 3.11. The van der Waals surface area contributed by atoms with E-state index in [1.165, 1.54) is 0 Å². The van der Waals surface area contributed by atoms with Crippen LogP contribution in [0.3, 0.4) is 0 Å². The van der Waals surface area contributed by atoms with Gasteiger partial charge in [0.15, 0.2) is 6.10 Å². The second-order valence-corrected chi connectivity index (χ2v) is 6.11. The molecule has 1 saturated heterocycles. The summed E-state index contributed by atoms with van der Waals surface area (Å²) in [4.78, 5) is 29.6. The largest absolute Gasteiger partial charge is 0.449 e. The van der Waals surface area contributed by atoms with Crippen LogP contribution in [0.25, 0.3) is 10.9 Å². The van der Waals surface area contributed by atoms with E-state index in [0.717, 1.165) is 10.9 Å². The maximum Gasteiger partial charge on any atom is 0.338 e. The number of esters is 1. The number of H-pyrrole nitrogens is 1. The van der Waals surface area contributed by atoms with Crippen LogP contribution in [-0.2, 0) is 9.53 Å². The number of anilines is 1. The Morgan fingerprint density at radius 3 is 2.77 bits per heavy atom. The lowest BCUT2D eigenvalue weighted by Crippen LogP contribution is -2.32. The third-order valence-corrected chi connectivity index (χ3v) is 4.50. The van der Waals surface area contributed by atoms with Crippen molar-refractivity contribution in [1.82, 2.24) is 4.98 Å². The predicted octanol–water partition coefficient (Wildman–Crippen LogP) is 3.00. The van der Waals surface area contributed by atoms with Crippen LogP contribution >= 0.6 is 0 Å². The van der Waals surface area contributed by atoms with Crippen LogP contribution in [0.4, 0.5) is 5.69 Å². The summed E-state index contributed by atoms with van der Waals surface area (Å²) in [7, 11) is 0. The second-order valence-electron chi connectivity index (χ2n) is 6.11. The number of carbonyl (C=O) groups is 2. The minimum Gasteiger partial charge on any atom is -0.449 e. The molecular formula is C20H15N3O3. The number of benzene rings is 2. The summed E-state index contributed by atoms with van der Waals surface area (Å²) in [5.74, 6) is -0.759. The van der Waals surface area contributed by atoms with E-state index >= 15 is 0 Å². The number of amides is 1. The van der Waals surface area contributed by atoms with Gasteiger partial charge in [-0.15, -0.1) is 0 Å². The Kier molecular flexibility index (Phi) is 3.90. The van der Waals surface area contributed by atoms with E-state index in [0.29, 0.717) is 29.8 Å². The minimum absolute atomic E-state index is 0.246. The smallest absolute Gasteiger partial charge is 0.338 e. The molecule has 6 nitrogen and oxygen atoms in total. The zero-order valence-electron chi connectivity index (χ0n) is 13.8. The highest BCUT2D eigenvalue weighted by Crippen LogP contribution is 2.24. The second kappa shape index (κ2) is 6.37. The summed E-state index contributed by atoms with van der Waals surface area (Å²) < 4.78 is 5.44. The number of aromatic nitrogens is 1. The van der Waals surface area contributed by atoms with Gasteiger partial charge < -0.3 is 14.6 Å². The first-order valence-electron chi connectivity index (χ1n) is 8.25. The summed E-state index contributed by atoms with van der Waals surface area (Å²) in [6.45, 7) is 0.471. The molecule has 0 saturated carbocycles. The Hall–Kier alpha value is -3.59. The number of nitriles is 1. The summed E-state index contributed by atoms with van der Waals surface area (Å²) in [5.41, 5.74) is 2.48. The molecule has 1 aliphatic heterocycles. The van der Waals surface area contributed by atoms with Gasteiger partial charge in [0.1, 0.15) is 0 Å². The van der Waals surface area contributed by atoms with Gasteiger partial charge in [-0.1, -0.05) is 6.07 Å². The molecule has 1 atom stereocenters. The first-order valence-corrected chi connectivity index (χ1v) is 8.25. The third kappa shape index (κ3) is 2.80. The zero-order valence-corrected chi connectivity index (χ0v) is 13.8. The Morgan fingerprint density at radius 1 is 1.19 bits per heavy atom. The van der Waals surface area contributed by atoms with Crippen LogP contribution in [0.5, 0.6) is 0 Å². The maximum absolute atomic E-state index is 12.6. The maximum atomic E-state index is 12.6. The van der Waals surface area contributed by atoms with Gasteiger partial charge in [-0.3, -0.25) is 4.79 Å². The number of carbonyl (C=O) groups excluding carboxylic acids is 2. The molecule has 4 rings (SSSR count). The number of hydrogen-bond donors (Lipinski definition) is 1. The average molecular weight is 345 g/mol. The number of rotatable bonds is 3. The van der Waals surface area contributed by atoms with Crippen molar-refractivity contribution in [3.8, 4) is 6.07 Å². The van der Waals surface area contributed by atoms with Gasteiger partial charge in [-0.05, 0) is 47.9 Å². The molecule has 1 amide bonds. The molecule has 0 aliphatic carbocycles. The molecule has 0 bridgehead atoms. The number of hydrogen-bond acceptors (Lipinski definition) is 4. The predicted molar refractivity (Wildman–Crippen MR) is 95.6 cm³/mol. The molecule has 2 heterocycles. The fourth-order valence-electron chi connectivity index (χ4n) is 3.11. The van der Waals surface area contributed by atoms with Crippen LogP contribution in [0, 0.1) is 11.3 Å². The van der Waals surface area contributed by atoms with Gasteiger partial charge in [0.25, 0.3) is 5.91 Å². The number of ether oxygens (including phenoxy) is 1. The van der Waals surface area contributed by atoms with Crippen LogP contribution < -0.4 is 4.90 Å². The van der Waals surface area contributed by atoms with Gasteiger partial charge in [-0.25, -0.2) is 4.79 Å². The van der Waals surface area contributed by atoms with Crippen molar-refractivity contribution >= 4 is 28.5 Å². The number of fused-ring (bicyclic) bond motifs is 1. The molecule has 128 valence electrons. The third-order valence-electron chi connectivity index (χ3n) is 4.50. The van der Waals surface area contributed by atoms with Crippen LogP contribution in [0.2, 0.25) is 0 Å². The standard InChI is InChI=1S/C20H15N3O3/c21-12-13-1-5-16(6-2-13)23-10-8-18(19(23)24)26-20(25)15-4-3-14-7-9-22-17(14)11-15/h1-7,9,11,18,22H,8,10H2/t18-/m0/s1. The van der Waals surface area contributed by atoms with E-state index < -0.39 is 12.1 Å². The molecule has 0 unspecified atom stereocenters. The van der Waals surface area contributed by atoms with Gasteiger partial charge in [-0.2, -0.15) is 5.26 Å². The molecule has 1 fully saturated rings. The molecule has 3 aromatic rings. The van der Waals surface area contributed by atoms with E-state index in [-0.39, 0.29) is 5.91 Å². The molecular weight excluding hydrogens is 330 g/mol. The van der Waals surface area contributed by atoms with E-state index in [2.05, 4.69) is 4.98 Å². The highest BCUT2D eigenvalue weighted by atomic mass is 16.5. The molecule has 6 heteroatoms. The summed E-state index contributed by atoms with van der Waals surface area (Å²) in [5, 5.41) is 9.86. The monoisotopic (exact) mass is 345 g/mol. The molecule has 0 spiro atoms. The van der Waals surface area contributed by atoms with Crippen molar-refractivity contribution in [1.29, 1.82) is 5.26 Å². The van der Waals surface area contributed by atoms with Crippen LogP contribution in [0.15, 0.2) is 54.7 Å². The molecule has 26 heavy (non-hydrogen) atoms. The Morgan fingerprint density at radius 2 is 2.00 bits per heavy atom. The van der Waals surface area contributed by atoms with E-state index in [1.54, 1.807) is 47.5 Å². The Bertz CT molecular complexity index is 1030. The van der Waals surface area contributed by atoms with Crippen molar-refractivity contribution in [3.05, 3.63) is 65.9 Å². The first kappa shape index (κ1) is 15.9. The van der Waals surface area contributed by atoms with Gasteiger partial charge in [0, 0.05) is 30.4 Å². The number of nitrogens with one attached hydrogen (secondary N) is 1. The lowest BCUT2D eigenvalue weighted by Gasteiger charge is -2.17. The lowest BCUT2D eigenvalue weighted by molar-refractivity contribution is -0.124. The topological polar surface area (TPSA) is 86.2 Å². The van der Waals surface area contributed by atoms with E-state index in [4.69, 9.17) is 10.00 Å². The van der Waals surface area contributed by atoms with Crippen molar-refractivity contribution < 1.29 is 14.3 Å². The fraction of sp³-hybridized carbons (Fsp3) is 0.150. The minimum atomic E-state index is -0.794. The first-order chi connectivity index (χ1) is 12.7. The number of nitrogens with zero attached hydrogens (tertiary/aromatic N) is 2. The highest BCUT2D eigenvalue weighted by molar-refractivity contribution is 6.01. The highest BCUT2D eigenvalue weighted by Gasteiger charge is 2.35. The molecule has 1 aliphatic rings. The van der Waals surface area contributed by atoms with Crippen LogP contribution in [-0.4, -0.2) is 29.5 Å². The zero-order chi connectivity index (χ0) is 18.1. The summed E-state index contributed by atoms with van der Waals surface area (Å²) in [6.07, 6.45) is 1.45. The SMILES string of the molecule is N#Cc1ccc(N2CC[C@H](OC(=O)c3ccc4cc[nH]c4c3)C2=O)cc1. The quantitative estimate of drug-likeness (QED) is 0.739. The molecule has 0 radical (unpaired) electrons. The Labute approximate surface area is 149 Å². The van der Waals surface area contributed by atoms with Gasteiger partial charge in [0.05, 0.1) is 17.2 Å². The molecule has 2 aromatic carbocycles. The van der Waals surface area contributed by atoms with E-state index in [1.807, 2.05) is 18.2 Å². The molecule has 1 N–H and O–H groups in total. The van der Waals surface area contributed by atoms with Gasteiger partial charge >= 0.3 is 5.97 Å². The van der Waals surface area contributed by atoms with E-state index in [9.17, 15) is 9.59 Å². The van der Waals surface area contributed by atoms with Crippen molar-refractivity contribution in [2.75, 3.05) is 11.4 Å². The van der Waals surface area contributed by atoms with Crippen molar-refractivity contribution in [2.45, 2.75) is 12.5 Å². The summed E-state index contributed by atoms with van der Waals surface area (Å²) in [6, 6.07) is 16.0. The van der Waals surface area contributed by atoms with Crippen molar-refractivity contribution in [2.24, 2.45) is 0 Å². The van der Waals surface area contributed by atoms with Gasteiger partial charge in [0.2, 0.25) is 0 Å². The normalized spacial score (nSPS) is 16.7. The Balaban J connectivity index is 1.47.